The molecule has 0 unspecified atom stereocenters. The van der Waals surface area contributed by atoms with Crippen LogP contribution < -0.4 is 15.2 Å². The van der Waals surface area contributed by atoms with Gasteiger partial charge in [0.15, 0.2) is 0 Å². The summed E-state index contributed by atoms with van der Waals surface area (Å²) in [5.74, 6) is 1.12. The quantitative estimate of drug-likeness (QED) is 0.802. The molecular weight excluding hydrogens is 252 g/mol. The fourth-order valence-corrected chi connectivity index (χ4v) is 2.88. The molecule has 100 valence electrons. The molecule has 18 heavy (non-hydrogen) atoms. The van der Waals surface area contributed by atoms with E-state index in [9.17, 15) is 8.42 Å². The zero-order chi connectivity index (χ0) is 13.2. The molecule has 0 bridgehead atoms. The van der Waals surface area contributed by atoms with Gasteiger partial charge in [0.2, 0.25) is 10.0 Å². The van der Waals surface area contributed by atoms with Crippen molar-refractivity contribution in [2.24, 2.45) is 11.7 Å². The summed E-state index contributed by atoms with van der Waals surface area (Å²) in [6.07, 6.45) is 2.22. The third-order valence-electron chi connectivity index (χ3n) is 3.04. The summed E-state index contributed by atoms with van der Waals surface area (Å²) in [5, 5.41) is 0. The molecule has 0 atom stereocenters. The first-order valence-corrected chi connectivity index (χ1v) is 7.42. The first-order chi connectivity index (χ1) is 8.56. The van der Waals surface area contributed by atoms with Gasteiger partial charge in [-0.1, -0.05) is 0 Å². The Morgan fingerprint density at radius 3 is 2.72 bits per heavy atom. The fourth-order valence-electron chi connectivity index (χ4n) is 1.71. The number of ether oxygens (including phenoxy) is 1. The predicted molar refractivity (Wildman–Crippen MR) is 68.8 cm³/mol. The topological polar surface area (TPSA) is 81.4 Å². The largest absolute Gasteiger partial charge is 0.496 e. The molecule has 1 fully saturated rings. The van der Waals surface area contributed by atoms with E-state index in [1.165, 1.54) is 13.2 Å². The first-order valence-electron chi connectivity index (χ1n) is 5.93. The van der Waals surface area contributed by atoms with Crippen LogP contribution in [0.25, 0.3) is 0 Å². The Morgan fingerprint density at radius 2 is 2.17 bits per heavy atom. The third-order valence-corrected chi connectivity index (χ3v) is 4.46. The molecule has 1 aromatic rings. The van der Waals surface area contributed by atoms with E-state index in [0.29, 0.717) is 23.8 Å². The van der Waals surface area contributed by atoms with Crippen LogP contribution in [0.15, 0.2) is 23.1 Å². The van der Waals surface area contributed by atoms with Crippen LogP contribution in [0.1, 0.15) is 18.4 Å². The van der Waals surface area contributed by atoms with Crippen molar-refractivity contribution in [3.63, 3.8) is 0 Å². The lowest BCUT2D eigenvalue weighted by molar-refractivity contribution is 0.409. The molecule has 1 saturated carbocycles. The minimum Gasteiger partial charge on any atom is -0.496 e. The Morgan fingerprint density at radius 1 is 1.44 bits per heavy atom. The van der Waals surface area contributed by atoms with Crippen LogP contribution in [0.5, 0.6) is 5.75 Å². The summed E-state index contributed by atoms with van der Waals surface area (Å²) >= 11 is 0. The molecule has 0 aliphatic heterocycles. The van der Waals surface area contributed by atoms with Crippen molar-refractivity contribution < 1.29 is 13.2 Å². The maximum atomic E-state index is 12.0. The molecule has 0 saturated heterocycles. The van der Waals surface area contributed by atoms with E-state index in [1.54, 1.807) is 12.1 Å². The van der Waals surface area contributed by atoms with Crippen LogP contribution >= 0.6 is 0 Å². The Bertz CT molecular complexity index is 524. The fraction of sp³-hybridized carbons (Fsp3) is 0.500. The van der Waals surface area contributed by atoms with Gasteiger partial charge in [0.05, 0.1) is 12.0 Å². The normalized spacial score (nSPS) is 15.7. The summed E-state index contributed by atoms with van der Waals surface area (Å²) in [5.41, 5.74) is 6.26. The van der Waals surface area contributed by atoms with Gasteiger partial charge in [-0.15, -0.1) is 0 Å². The van der Waals surface area contributed by atoms with E-state index >= 15 is 0 Å². The maximum Gasteiger partial charge on any atom is 0.240 e. The van der Waals surface area contributed by atoms with Gasteiger partial charge in [0.1, 0.15) is 5.75 Å². The first kappa shape index (κ1) is 13.3. The monoisotopic (exact) mass is 270 g/mol. The van der Waals surface area contributed by atoms with Crippen LogP contribution in [-0.4, -0.2) is 22.1 Å². The van der Waals surface area contributed by atoms with Crippen molar-refractivity contribution in [1.29, 1.82) is 0 Å². The standard InChI is InChI=1S/C12H18N2O3S/c1-17-12-5-4-11(6-10(12)7-13)18(15,16)14-8-9-2-3-9/h4-6,9,14H,2-3,7-8,13H2,1H3. The van der Waals surface area contributed by atoms with E-state index in [2.05, 4.69) is 4.72 Å². The smallest absolute Gasteiger partial charge is 0.240 e. The highest BCUT2D eigenvalue weighted by atomic mass is 32.2. The Kier molecular flexibility index (Phi) is 3.89. The summed E-state index contributed by atoms with van der Waals surface area (Å²) in [6, 6.07) is 4.73. The average molecular weight is 270 g/mol. The second-order valence-electron chi connectivity index (χ2n) is 4.47. The number of benzene rings is 1. The van der Waals surface area contributed by atoms with Crippen LogP contribution in [-0.2, 0) is 16.6 Å². The van der Waals surface area contributed by atoms with Gasteiger partial charge in [-0.3, -0.25) is 0 Å². The van der Waals surface area contributed by atoms with Gasteiger partial charge < -0.3 is 10.5 Å². The number of nitrogens with one attached hydrogen (secondary N) is 1. The highest BCUT2D eigenvalue weighted by molar-refractivity contribution is 7.89. The highest BCUT2D eigenvalue weighted by Gasteiger charge is 2.24. The van der Waals surface area contributed by atoms with Crippen LogP contribution in [0, 0.1) is 5.92 Å². The molecule has 0 heterocycles. The number of hydrogen-bond acceptors (Lipinski definition) is 4. The van der Waals surface area contributed by atoms with Crippen LogP contribution in [0.3, 0.4) is 0 Å². The Hall–Kier alpha value is -1.11. The number of nitrogens with two attached hydrogens (primary N) is 1. The molecule has 1 aliphatic carbocycles. The van der Waals surface area contributed by atoms with Gasteiger partial charge in [-0.25, -0.2) is 13.1 Å². The number of sulfonamides is 1. The lowest BCUT2D eigenvalue weighted by atomic mass is 10.2. The maximum absolute atomic E-state index is 12.0. The number of methoxy groups -OCH3 is 1. The molecule has 1 aliphatic rings. The molecule has 0 spiro atoms. The van der Waals surface area contributed by atoms with Gasteiger partial charge >= 0.3 is 0 Å². The molecule has 0 radical (unpaired) electrons. The third kappa shape index (κ3) is 3.01. The van der Waals surface area contributed by atoms with Gasteiger partial charge in [0, 0.05) is 18.7 Å². The molecule has 5 nitrogen and oxygen atoms in total. The minimum atomic E-state index is -3.43. The Labute approximate surface area is 107 Å². The number of hydrogen-bond donors (Lipinski definition) is 2. The summed E-state index contributed by atoms with van der Waals surface area (Å²) in [7, 11) is -1.90. The molecule has 2 rings (SSSR count). The SMILES string of the molecule is COc1ccc(S(=O)(=O)NCC2CC2)cc1CN. The van der Waals surface area contributed by atoms with Gasteiger partial charge in [-0.2, -0.15) is 0 Å². The van der Waals surface area contributed by atoms with E-state index in [0.717, 1.165) is 12.8 Å². The van der Waals surface area contributed by atoms with Crippen molar-refractivity contribution in [3.05, 3.63) is 23.8 Å². The van der Waals surface area contributed by atoms with Gasteiger partial charge in [0.25, 0.3) is 0 Å². The summed E-state index contributed by atoms with van der Waals surface area (Å²) in [6.45, 7) is 0.765. The summed E-state index contributed by atoms with van der Waals surface area (Å²) < 4.78 is 31.8. The van der Waals surface area contributed by atoms with Crippen molar-refractivity contribution in [1.82, 2.24) is 4.72 Å². The van der Waals surface area contributed by atoms with Crippen molar-refractivity contribution in [2.75, 3.05) is 13.7 Å². The van der Waals surface area contributed by atoms with E-state index in [4.69, 9.17) is 10.5 Å². The number of rotatable bonds is 6. The molecule has 0 amide bonds. The Balaban J connectivity index is 2.20. The predicted octanol–water partition coefficient (Wildman–Crippen LogP) is 0.842. The highest BCUT2D eigenvalue weighted by Crippen LogP contribution is 2.28. The zero-order valence-electron chi connectivity index (χ0n) is 10.3. The zero-order valence-corrected chi connectivity index (χ0v) is 11.2. The lowest BCUT2D eigenvalue weighted by Crippen LogP contribution is -2.26. The van der Waals surface area contributed by atoms with Crippen molar-refractivity contribution in [3.8, 4) is 5.75 Å². The average Bonchev–Trinajstić information content (AvgIpc) is 3.19. The van der Waals surface area contributed by atoms with Crippen LogP contribution in [0.2, 0.25) is 0 Å². The van der Waals surface area contributed by atoms with Crippen LogP contribution in [0.4, 0.5) is 0 Å². The molecule has 6 heteroatoms. The molecular formula is C12H18N2O3S. The summed E-state index contributed by atoms with van der Waals surface area (Å²) in [4.78, 5) is 0.240. The molecule has 3 N–H and O–H groups in total. The van der Waals surface area contributed by atoms with E-state index in [1.807, 2.05) is 0 Å². The van der Waals surface area contributed by atoms with Crippen molar-refractivity contribution >= 4 is 10.0 Å². The second-order valence-corrected chi connectivity index (χ2v) is 6.24. The second kappa shape index (κ2) is 5.26. The van der Waals surface area contributed by atoms with Crippen molar-refractivity contribution in [2.45, 2.75) is 24.3 Å². The molecule has 0 aromatic heterocycles. The molecule has 1 aromatic carbocycles. The van der Waals surface area contributed by atoms with E-state index < -0.39 is 10.0 Å². The van der Waals surface area contributed by atoms with E-state index in [-0.39, 0.29) is 11.4 Å². The minimum absolute atomic E-state index is 0.240. The van der Waals surface area contributed by atoms with Gasteiger partial charge in [-0.05, 0) is 37.0 Å². The lowest BCUT2D eigenvalue weighted by Gasteiger charge is -2.10.